The molecular weight excluding hydrogens is 205 g/mol. The standard InChI is InChI=1S/C13H20FNO/c1-4-10(3)13(8-16)15-12-6-9(2)5-11(14)7-12/h5-7,10,13,15-16H,4,8H2,1-3H3. The molecule has 3 heteroatoms. The van der Waals surface area contributed by atoms with Crippen molar-refractivity contribution in [2.45, 2.75) is 33.2 Å². The van der Waals surface area contributed by atoms with E-state index in [0.29, 0.717) is 5.92 Å². The van der Waals surface area contributed by atoms with Crippen LogP contribution in [0.2, 0.25) is 0 Å². The van der Waals surface area contributed by atoms with Gasteiger partial charge in [-0.3, -0.25) is 0 Å². The lowest BCUT2D eigenvalue weighted by atomic mass is 9.99. The zero-order chi connectivity index (χ0) is 12.1. The molecule has 0 saturated carbocycles. The zero-order valence-electron chi connectivity index (χ0n) is 10.1. The van der Waals surface area contributed by atoms with Crippen molar-refractivity contribution in [2.75, 3.05) is 11.9 Å². The van der Waals surface area contributed by atoms with Crippen LogP contribution in [0.1, 0.15) is 25.8 Å². The number of nitrogens with one attached hydrogen (secondary N) is 1. The van der Waals surface area contributed by atoms with E-state index in [1.165, 1.54) is 12.1 Å². The van der Waals surface area contributed by atoms with Gasteiger partial charge in [0.1, 0.15) is 5.82 Å². The number of hydrogen-bond acceptors (Lipinski definition) is 2. The lowest BCUT2D eigenvalue weighted by Crippen LogP contribution is -2.30. The minimum Gasteiger partial charge on any atom is -0.394 e. The fourth-order valence-electron chi connectivity index (χ4n) is 1.69. The molecule has 0 heterocycles. The van der Waals surface area contributed by atoms with E-state index < -0.39 is 0 Å². The average Bonchev–Trinajstić information content (AvgIpc) is 2.23. The molecule has 1 aromatic carbocycles. The van der Waals surface area contributed by atoms with Crippen LogP contribution in [0.15, 0.2) is 18.2 Å². The molecule has 2 nitrogen and oxygen atoms in total. The van der Waals surface area contributed by atoms with E-state index in [1.54, 1.807) is 0 Å². The normalized spacial score (nSPS) is 14.6. The van der Waals surface area contributed by atoms with Gasteiger partial charge in [0.15, 0.2) is 0 Å². The molecule has 0 aliphatic rings. The van der Waals surface area contributed by atoms with Crippen molar-refractivity contribution < 1.29 is 9.50 Å². The van der Waals surface area contributed by atoms with Crippen LogP contribution in [0, 0.1) is 18.7 Å². The molecule has 0 saturated heterocycles. The molecule has 0 aliphatic heterocycles. The molecule has 0 aliphatic carbocycles. The first kappa shape index (κ1) is 13.0. The van der Waals surface area contributed by atoms with E-state index in [4.69, 9.17) is 0 Å². The van der Waals surface area contributed by atoms with Crippen molar-refractivity contribution >= 4 is 5.69 Å². The highest BCUT2D eigenvalue weighted by Gasteiger charge is 2.14. The summed E-state index contributed by atoms with van der Waals surface area (Å²) in [5, 5.41) is 12.4. The number of halogens is 1. The van der Waals surface area contributed by atoms with Crippen LogP contribution in [0.5, 0.6) is 0 Å². The maximum atomic E-state index is 13.2. The minimum atomic E-state index is -0.247. The number of aliphatic hydroxyl groups is 1. The van der Waals surface area contributed by atoms with Crippen LogP contribution in [0.3, 0.4) is 0 Å². The monoisotopic (exact) mass is 225 g/mol. The Morgan fingerprint density at radius 2 is 2.06 bits per heavy atom. The smallest absolute Gasteiger partial charge is 0.125 e. The summed E-state index contributed by atoms with van der Waals surface area (Å²) >= 11 is 0. The van der Waals surface area contributed by atoms with Gasteiger partial charge in [0.2, 0.25) is 0 Å². The van der Waals surface area contributed by atoms with E-state index in [9.17, 15) is 9.50 Å². The Morgan fingerprint density at radius 3 is 2.56 bits per heavy atom. The quantitative estimate of drug-likeness (QED) is 0.807. The summed E-state index contributed by atoms with van der Waals surface area (Å²) < 4.78 is 13.2. The Labute approximate surface area is 96.5 Å². The Bertz CT molecular complexity index is 320. The maximum Gasteiger partial charge on any atom is 0.125 e. The lowest BCUT2D eigenvalue weighted by molar-refractivity contribution is 0.241. The third-order valence-corrected chi connectivity index (χ3v) is 2.92. The first-order chi connectivity index (χ1) is 7.56. The van der Waals surface area contributed by atoms with Gasteiger partial charge in [-0.2, -0.15) is 0 Å². The second-order valence-electron chi connectivity index (χ2n) is 4.34. The highest BCUT2D eigenvalue weighted by molar-refractivity contribution is 5.46. The van der Waals surface area contributed by atoms with Crippen LogP contribution in [0.25, 0.3) is 0 Å². The van der Waals surface area contributed by atoms with E-state index in [-0.39, 0.29) is 18.5 Å². The van der Waals surface area contributed by atoms with Crippen LogP contribution in [-0.4, -0.2) is 17.8 Å². The van der Waals surface area contributed by atoms with Gasteiger partial charge in [0, 0.05) is 5.69 Å². The number of aliphatic hydroxyl groups excluding tert-OH is 1. The molecule has 0 bridgehead atoms. The van der Waals surface area contributed by atoms with E-state index in [2.05, 4.69) is 19.2 Å². The summed E-state index contributed by atoms with van der Waals surface area (Å²) in [7, 11) is 0. The molecule has 0 radical (unpaired) electrons. The van der Waals surface area contributed by atoms with Crippen molar-refractivity contribution in [2.24, 2.45) is 5.92 Å². The second kappa shape index (κ2) is 5.85. The van der Waals surface area contributed by atoms with E-state index >= 15 is 0 Å². The topological polar surface area (TPSA) is 32.3 Å². The third-order valence-electron chi connectivity index (χ3n) is 2.92. The molecule has 0 aromatic heterocycles. The number of benzene rings is 1. The summed E-state index contributed by atoms with van der Waals surface area (Å²) in [5.41, 5.74) is 1.61. The highest BCUT2D eigenvalue weighted by atomic mass is 19.1. The average molecular weight is 225 g/mol. The van der Waals surface area contributed by atoms with Gasteiger partial charge in [-0.1, -0.05) is 20.3 Å². The molecule has 1 rings (SSSR count). The van der Waals surface area contributed by atoms with Gasteiger partial charge < -0.3 is 10.4 Å². The predicted octanol–water partition coefficient (Wildman–Crippen LogP) is 2.95. The van der Waals surface area contributed by atoms with Gasteiger partial charge >= 0.3 is 0 Å². The molecule has 1 aromatic rings. The van der Waals surface area contributed by atoms with Crippen molar-refractivity contribution in [1.82, 2.24) is 0 Å². The second-order valence-corrected chi connectivity index (χ2v) is 4.34. The van der Waals surface area contributed by atoms with Gasteiger partial charge in [-0.25, -0.2) is 4.39 Å². The van der Waals surface area contributed by atoms with Gasteiger partial charge in [-0.05, 0) is 36.6 Å². The summed E-state index contributed by atoms with van der Waals surface area (Å²) in [6, 6.07) is 4.81. The minimum absolute atomic E-state index is 0.0220. The number of aryl methyl sites for hydroxylation is 1. The summed E-state index contributed by atoms with van der Waals surface area (Å²) in [4.78, 5) is 0. The SMILES string of the molecule is CCC(C)C(CO)Nc1cc(C)cc(F)c1. The fraction of sp³-hybridized carbons (Fsp3) is 0.538. The highest BCUT2D eigenvalue weighted by Crippen LogP contribution is 2.17. The Morgan fingerprint density at radius 1 is 1.38 bits per heavy atom. The van der Waals surface area contributed by atoms with Crippen LogP contribution >= 0.6 is 0 Å². The van der Waals surface area contributed by atoms with Crippen molar-refractivity contribution in [3.8, 4) is 0 Å². The predicted molar refractivity (Wildman–Crippen MR) is 65.1 cm³/mol. The Kier molecular flexibility index (Phi) is 4.74. The maximum absolute atomic E-state index is 13.2. The fourth-order valence-corrected chi connectivity index (χ4v) is 1.69. The van der Waals surface area contributed by atoms with E-state index in [0.717, 1.165) is 17.7 Å². The molecule has 2 unspecified atom stereocenters. The number of hydrogen-bond donors (Lipinski definition) is 2. The Hall–Kier alpha value is -1.09. The lowest BCUT2D eigenvalue weighted by Gasteiger charge is -2.23. The first-order valence-electron chi connectivity index (χ1n) is 5.71. The molecule has 0 fully saturated rings. The van der Waals surface area contributed by atoms with Crippen LogP contribution < -0.4 is 5.32 Å². The third kappa shape index (κ3) is 3.49. The number of anilines is 1. The van der Waals surface area contributed by atoms with Crippen LogP contribution in [-0.2, 0) is 0 Å². The van der Waals surface area contributed by atoms with Crippen LogP contribution in [0.4, 0.5) is 10.1 Å². The molecule has 90 valence electrons. The molecule has 2 atom stereocenters. The molecule has 16 heavy (non-hydrogen) atoms. The van der Waals surface area contributed by atoms with Crippen molar-refractivity contribution in [3.05, 3.63) is 29.6 Å². The number of rotatable bonds is 5. The first-order valence-corrected chi connectivity index (χ1v) is 5.71. The molecule has 0 amide bonds. The van der Waals surface area contributed by atoms with Crippen molar-refractivity contribution in [3.63, 3.8) is 0 Å². The molecule has 2 N–H and O–H groups in total. The summed E-state index contributed by atoms with van der Waals surface area (Å²) in [6.45, 7) is 6.06. The summed E-state index contributed by atoms with van der Waals surface area (Å²) in [5.74, 6) is 0.108. The zero-order valence-corrected chi connectivity index (χ0v) is 10.1. The largest absolute Gasteiger partial charge is 0.394 e. The van der Waals surface area contributed by atoms with Gasteiger partial charge in [0.25, 0.3) is 0 Å². The molecule has 0 spiro atoms. The molecular formula is C13H20FNO. The van der Waals surface area contributed by atoms with Crippen molar-refractivity contribution in [1.29, 1.82) is 0 Å². The van der Waals surface area contributed by atoms with Gasteiger partial charge in [-0.15, -0.1) is 0 Å². The van der Waals surface area contributed by atoms with Gasteiger partial charge in [0.05, 0.1) is 12.6 Å². The Balaban J connectivity index is 2.77. The van der Waals surface area contributed by atoms with E-state index in [1.807, 2.05) is 13.0 Å². The summed E-state index contributed by atoms with van der Waals surface area (Å²) in [6.07, 6.45) is 0.979.